The first-order valence-electron chi connectivity index (χ1n) is 5.51. The van der Waals surface area contributed by atoms with Gasteiger partial charge in [-0.05, 0) is 24.1 Å². The number of carbonyl (C=O) groups is 1. The number of unbranched alkanes of at least 4 members (excludes halogenated alkanes) is 2. The van der Waals surface area contributed by atoms with E-state index < -0.39 is 5.24 Å². The molecule has 3 nitrogen and oxygen atoms in total. The Hall–Kier alpha value is -1.09. The lowest BCUT2D eigenvalue weighted by Crippen LogP contribution is -2.23. The zero-order valence-electron chi connectivity index (χ0n) is 9.41. The average molecular weight is 242 g/mol. The Kier molecular flexibility index (Phi) is 5.26. The minimum Gasteiger partial charge on any atom is -0.315 e. The van der Waals surface area contributed by atoms with Crippen molar-refractivity contribution < 1.29 is 4.79 Å². The molecule has 4 heteroatoms. The molecule has 0 unspecified atom stereocenters. The Morgan fingerprint density at radius 2 is 2.19 bits per heavy atom. The summed E-state index contributed by atoms with van der Waals surface area (Å²) in [6.45, 7) is 2.82. The van der Waals surface area contributed by atoms with E-state index in [0.717, 1.165) is 19.3 Å². The second-order valence-electron chi connectivity index (χ2n) is 3.77. The molecule has 1 rings (SSSR count). The second kappa shape index (κ2) is 6.48. The molecule has 16 heavy (non-hydrogen) atoms. The van der Waals surface area contributed by atoms with Gasteiger partial charge in [-0.2, -0.15) is 0 Å². The summed E-state index contributed by atoms with van der Waals surface area (Å²) in [6.07, 6.45) is 4.96. The molecule has 0 amide bonds. The highest BCUT2D eigenvalue weighted by Gasteiger charge is 2.06. The van der Waals surface area contributed by atoms with Crippen LogP contribution in [0.3, 0.4) is 0 Å². The fraction of sp³-hybridized carbons (Fsp3) is 0.500. The molecule has 88 valence electrons. The molecule has 0 aliphatic carbocycles. The molecule has 1 heterocycles. The van der Waals surface area contributed by atoms with Gasteiger partial charge in [-0.25, -0.2) is 0 Å². The molecule has 1 aromatic rings. The lowest BCUT2D eigenvalue weighted by Gasteiger charge is -2.06. The quantitative estimate of drug-likeness (QED) is 0.567. The fourth-order valence-corrected chi connectivity index (χ4v) is 1.72. The molecule has 0 aromatic carbocycles. The zero-order valence-corrected chi connectivity index (χ0v) is 10.2. The molecule has 1 aromatic heterocycles. The van der Waals surface area contributed by atoms with Crippen LogP contribution in [0.2, 0.25) is 0 Å². The molecule has 0 aliphatic heterocycles. The van der Waals surface area contributed by atoms with Gasteiger partial charge in [-0.15, -0.1) is 0 Å². The summed E-state index contributed by atoms with van der Waals surface area (Å²) >= 11 is 5.28. The number of pyridine rings is 1. The highest BCUT2D eigenvalue weighted by molar-refractivity contribution is 6.63. The largest absolute Gasteiger partial charge is 0.315 e. The van der Waals surface area contributed by atoms with Crippen molar-refractivity contribution in [2.24, 2.45) is 0 Å². The van der Waals surface area contributed by atoms with E-state index in [0.29, 0.717) is 12.1 Å². The maximum absolute atomic E-state index is 11.9. The smallest absolute Gasteiger partial charge is 0.254 e. The van der Waals surface area contributed by atoms with Gasteiger partial charge in [0.05, 0.1) is 6.42 Å². The first-order chi connectivity index (χ1) is 7.65. The number of hydrogen-bond acceptors (Lipinski definition) is 2. The van der Waals surface area contributed by atoms with E-state index in [4.69, 9.17) is 11.6 Å². The van der Waals surface area contributed by atoms with E-state index in [1.807, 2.05) is 0 Å². The molecule has 0 atom stereocenters. The van der Waals surface area contributed by atoms with Crippen LogP contribution >= 0.6 is 11.6 Å². The lowest BCUT2D eigenvalue weighted by molar-refractivity contribution is -0.111. The Labute approximate surface area is 100 Å². The van der Waals surface area contributed by atoms with Crippen molar-refractivity contribution in [3.63, 3.8) is 0 Å². The van der Waals surface area contributed by atoms with Crippen LogP contribution in [-0.2, 0) is 17.8 Å². The van der Waals surface area contributed by atoms with Gasteiger partial charge in [0.2, 0.25) is 5.24 Å². The molecule has 0 saturated heterocycles. The van der Waals surface area contributed by atoms with Gasteiger partial charge in [-0.3, -0.25) is 9.59 Å². The molecule has 0 aliphatic rings. The van der Waals surface area contributed by atoms with Crippen molar-refractivity contribution in [2.75, 3.05) is 0 Å². The van der Waals surface area contributed by atoms with Gasteiger partial charge in [0, 0.05) is 18.3 Å². The normalized spacial score (nSPS) is 10.4. The molecule has 0 bridgehead atoms. The molecule has 0 radical (unpaired) electrons. The van der Waals surface area contributed by atoms with Gasteiger partial charge in [0.15, 0.2) is 0 Å². The number of nitrogens with zero attached hydrogens (tertiary/aromatic N) is 1. The second-order valence-corrected chi connectivity index (χ2v) is 4.19. The standard InChI is InChI=1S/C12H16ClNO2/c1-2-3-4-7-14-8-5-6-10(12(14)16)9-11(13)15/h5-6,8H,2-4,7,9H2,1H3. The van der Waals surface area contributed by atoms with Crippen molar-refractivity contribution >= 4 is 16.8 Å². The SMILES string of the molecule is CCCCCn1cccc(CC(=O)Cl)c1=O. The fourth-order valence-electron chi connectivity index (χ4n) is 1.58. The van der Waals surface area contributed by atoms with Crippen molar-refractivity contribution in [3.05, 3.63) is 34.2 Å². The van der Waals surface area contributed by atoms with Gasteiger partial charge in [-0.1, -0.05) is 25.8 Å². The van der Waals surface area contributed by atoms with Crippen LogP contribution in [0.5, 0.6) is 0 Å². The number of rotatable bonds is 6. The van der Waals surface area contributed by atoms with E-state index in [1.54, 1.807) is 22.9 Å². The zero-order chi connectivity index (χ0) is 12.0. The molecule has 0 spiro atoms. The Balaban J connectivity index is 2.78. The first kappa shape index (κ1) is 13.0. The number of aryl methyl sites for hydroxylation is 1. The molecule has 0 N–H and O–H groups in total. The predicted octanol–water partition coefficient (Wildman–Crippen LogP) is 2.35. The van der Waals surface area contributed by atoms with Crippen LogP contribution in [0.25, 0.3) is 0 Å². The average Bonchev–Trinajstić information content (AvgIpc) is 2.23. The third-order valence-electron chi connectivity index (χ3n) is 2.43. The highest BCUT2D eigenvalue weighted by Crippen LogP contribution is 2.00. The van der Waals surface area contributed by atoms with Crippen LogP contribution in [0.15, 0.2) is 23.1 Å². The summed E-state index contributed by atoms with van der Waals surface area (Å²) < 4.78 is 1.64. The van der Waals surface area contributed by atoms with E-state index in [9.17, 15) is 9.59 Å². The Bertz CT molecular complexity index is 412. The van der Waals surface area contributed by atoms with Gasteiger partial charge in [0.1, 0.15) is 0 Å². The summed E-state index contributed by atoms with van der Waals surface area (Å²) in [5.41, 5.74) is 0.367. The maximum atomic E-state index is 11.9. The Morgan fingerprint density at radius 3 is 2.81 bits per heavy atom. The van der Waals surface area contributed by atoms with E-state index in [1.165, 1.54) is 0 Å². The van der Waals surface area contributed by atoms with Crippen LogP contribution in [-0.4, -0.2) is 9.81 Å². The minimum atomic E-state index is -0.497. The highest BCUT2D eigenvalue weighted by atomic mass is 35.5. The van der Waals surface area contributed by atoms with Crippen LogP contribution in [0.4, 0.5) is 0 Å². The molecule has 0 fully saturated rings. The van der Waals surface area contributed by atoms with E-state index in [-0.39, 0.29) is 12.0 Å². The van der Waals surface area contributed by atoms with Crippen molar-refractivity contribution in [2.45, 2.75) is 39.2 Å². The number of halogens is 1. The third-order valence-corrected chi connectivity index (χ3v) is 2.56. The summed E-state index contributed by atoms with van der Waals surface area (Å²) in [6, 6.07) is 3.43. The molecular weight excluding hydrogens is 226 g/mol. The summed E-state index contributed by atoms with van der Waals surface area (Å²) in [4.78, 5) is 22.6. The van der Waals surface area contributed by atoms with Crippen LogP contribution in [0.1, 0.15) is 31.7 Å². The number of aromatic nitrogens is 1. The van der Waals surface area contributed by atoms with E-state index >= 15 is 0 Å². The molecule has 0 saturated carbocycles. The van der Waals surface area contributed by atoms with Crippen LogP contribution < -0.4 is 5.56 Å². The van der Waals surface area contributed by atoms with Crippen LogP contribution in [0, 0.1) is 0 Å². The third kappa shape index (κ3) is 3.81. The van der Waals surface area contributed by atoms with Gasteiger partial charge in [0.25, 0.3) is 5.56 Å². The maximum Gasteiger partial charge on any atom is 0.254 e. The molecular formula is C12H16ClNO2. The van der Waals surface area contributed by atoms with Gasteiger partial charge < -0.3 is 4.57 Å². The topological polar surface area (TPSA) is 39.1 Å². The number of hydrogen-bond donors (Lipinski definition) is 0. The van der Waals surface area contributed by atoms with E-state index in [2.05, 4.69) is 6.92 Å². The summed E-state index contributed by atoms with van der Waals surface area (Å²) in [7, 11) is 0. The predicted molar refractivity (Wildman–Crippen MR) is 64.8 cm³/mol. The monoisotopic (exact) mass is 241 g/mol. The van der Waals surface area contributed by atoms with Crippen molar-refractivity contribution in [3.8, 4) is 0 Å². The van der Waals surface area contributed by atoms with Gasteiger partial charge >= 0.3 is 0 Å². The summed E-state index contributed by atoms with van der Waals surface area (Å²) in [5, 5.41) is -0.497. The van der Waals surface area contributed by atoms with Crippen molar-refractivity contribution in [1.82, 2.24) is 4.57 Å². The lowest BCUT2D eigenvalue weighted by atomic mass is 10.2. The minimum absolute atomic E-state index is 0.00894. The van der Waals surface area contributed by atoms with Crippen molar-refractivity contribution in [1.29, 1.82) is 0 Å². The summed E-state index contributed by atoms with van der Waals surface area (Å²) in [5.74, 6) is 0. The Morgan fingerprint density at radius 1 is 1.44 bits per heavy atom. The first-order valence-corrected chi connectivity index (χ1v) is 5.89. The number of carbonyl (C=O) groups excluding carboxylic acids is 1.